The quantitative estimate of drug-likeness (QED) is 0.498. The Kier molecular flexibility index (Phi) is 4.87. The van der Waals surface area contributed by atoms with Crippen molar-refractivity contribution in [3.63, 3.8) is 0 Å². The van der Waals surface area contributed by atoms with Gasteiger partial charge in [0.1, 0.15) is 11.7 Å². The second kappa shape index (κ2) is 7.08. The lowest BCUT2D eigenvalue weighted by Crippen LogP contribution is -2.48. The maximum Gasteiger partial charge on any atom is 0.328 e. The van der Waals surface area contributed by atoms with Gasteiger partial charge < -0.3 is 15.0 Å². The van der Waals surface area contributed by atoms with E-state index in [4.69, 9.17) is 4.74 Å². The smallest absolute Gasteiger partial charge is 0.328 e. The number of piperidine rings is 1. The van der Waals surface area contributed by atoms with E-state index in [-0.39, 0.29) is 23.2 Å². The topological polar surface area (TPSA) is 102 Å². The molecule has 3 rings (SSSR count). The van der Waals surface area contributed by atoms with Gasteiger partial charge in [-0.2, -0.15) is 0 Å². The lowest BCUT2D eigenvalue weighted by Gasteiger charge is -2.33. The number of nitrogens with zero attached hydrogens (tertiary/aromatic N) is 2. The van der Waals surface area contributed by atoms with Crippen LogP contribution >= 0.6 is 0 Å². The number of ether oxygens (including phenoxy) is 1. The summed E-state index contributed by atoms with van der Waals surface area (Å²) in [5.74, 6) is -0.828. The summed E-state index contributed by atoms with van der Waals surface area (Å²) in [5.41, 5.74) is 0.514. The predicted octanol–water partition coefficient (Wildman–Crippen LogP) is 2.34. The zero-order valence-corrected chi connectivity index (χ0v) is 14.1. The molecular formula is C17H21N3O5. The maximum absolute atomic E-state index is 12.8. The minimum atomic E-state index is -0.630. The third kappa shape index (κ3) is 3.72. The minimum Gasteiger partial charge on any atom is -0.467 e. The maximum atomic E-state index is 12.8. The van der Waals surface area contributed by atoms with Gasteiger partial charge in [-0.1, -0.05) is 0 Å². The largest absolute Gasteiger partial charge is 0.467 e. The molecule has 1 aromatic rings. The summed E-state index contributed by atoms with van der Waals surface area (Å²) >= 11 is 0. The van der Waals surface area contributed by atoms with Gasteiger partial charge in [-0.25, -0.2) is 4.79 Å². The number of amides is 1. The zero-order valence-electron chi connectivity index (χ0n) is 14.1. The Hall–Kier alpha value is -2.64. The number of nitro groups is 1. The van der Waals surface area contributed by atoms with Gasteiger partial charge in [0.05, 0.1) is 12.0 Å². The second-order valence-corrected chi connectivity index (χ2v) is 6.44. The summed E-state index contributed by atoms with van der Waals surface area (Å²) in [6.45, 7) is 0.439. The van der Waals surface area contributed by atoms with Crippen LogP contribution in [-0.4, -0.2) is 47.4 Å². The van der Waals surface area contributed by atoms with Crippen LogP contribution in [0, 0.1) is 10.1 Å². The van der Waals surface area contributed by atoms with Crippen LogP contribution in [0.15, 0.2) is 18.2 Å². The molecule has 2 fully saturated rings. The average molecular weight is 347 g/mol. The third-order valence-electron chi connectivity index (χ3n) is 4.62. The van der Waals surface area contributed by atoms with Crippen molar-refractivity contribution in [1.29, 1.82) is 0 Å². The molecule has 0 spiro atoms. The Labute approximate surface area is 145 Å². The predicted molar refractivity (Wildman–Crippen MR) is 90.4 cm³/mol. The van der Waals surface area contributed by atoms with Crippen molar-refractivity contribution < 1.29 is 19.2 Å². The van der Waals surface area contributed by atoms with Crippen molar-refractivity contribution in [3.8, 4) is 0 Å². The van der Waals surface area contributed by atoms with Gasteiger partial charge >= 0.3 is 5.97 Å². The molecule has 1 amide bonds. The molecule has 25 heavy (non-hydrogen) atoms. The number of carbonyl (C=O) groups is 2. The molecule has 0 radical (unpaired) electrons. The first-order valence-corrected chi connectivity index (χ1v) is 8.45. The van der Waals surface area contributed by atoms with E-state index >= 15 is 0 Å². The Bertz CT molecular complexity index is 702. The number of hydrogen-bond acceptors (Lipinski definition) is 6. The first-order chi connectivity index (χ1) is 12.0. The monoisotopic (exact) mass is 347 g/mol. The summed E-state index contributed by atoms with van der Waals surface area (Å²) in [7, 11) is 1.29. The molecule has 1 aromatic carbocycles. The number of esters is 1. The van der Waals surface area contributed by atoms with Crippen molar-refractivity contribution in [3.05, 3.63) is 33.9 Å². The number of likely N-dealkylation sites (tertiary alicyclic amines) is 1. The zero-order chi connectivity index (χ0) is 18.0. The molecule has 1 unspecified atom stereocenters. The lowest BCUT2D eigenvalue weighted by atomic mass is 10.0. The van der Waals surface area contributed by atoms with E-state index in [2.05, 4.69) is 5.32 Å². The fourth-order valence-corrected chi connectivity index (χ4v) is 3.11. The molecule has 1 N–H and O–H groups in total. The van der Waals surface area contributed by atoms with Crippen LogP contribution < -0.4 is 5.32 Å². The number of anilines is 1. The van der Waals surface area contributed by atoms with Gasteiger partial charge in [0.25, 0.3) is 11.6 Å². The molecule has 0 bridgehead atoms. The van der Waals surface area contributed by atoms with Crippen LogP contribution in [0.4, 0.5) is 11.4 Å². The van der Waals surface area contributed by atoms with Crippen molar-refractivity contribution >= 4 is 23.3 Å². The van der Waals surface area contributed by atoms with E-state index in [1.165, 1.54) is 18.1 Å². The third-order valence-corrected chi connectivity index (χ3v) is 4.62. The molecule has 8 heteroatoms. The summed E-state index contributed by atoms with van der Waals surface area (Å²) in [6, 6.07) is 4.07. The van der Waals surface area contributed by atoms with Crippen LogP contribution in [0.3, 0.4) is 0 Å². The number of carbonyl (C=O) groups excluding carboxylic acids is 2. The summed E-state index contributed by atoms with van der Waals surface area (Å²) in [6.07, 6.45) is 4.16. The molecule has 1 saturated carbocycles. The first-order valence-electron chi connectivity index (χ1n) is 8.45. The number of nitrogens with one attached hydrogen (secondary N) is 1. The number of methoxy groups -OCH3 is 1. The molecular weight excluding hydrogens is 326 g/mol. The second-order valence-electron chi connectivity index (χ2n) is 6.44. The van der Waals surface area contributed by atoms with Gasteiger partial charge in [0.15, 0.2) is 0 Å². The number of benzene rings is 1. The van der Waals surface area contributed by atoms with E-state index in [9.17, 15) is 19.7 Å². The van der Waals surface area contributed by atoms with E-state index in [0.29, 0.717) is 18.7 Å². The number of hydrogen-bond donors (Lipinski definition) is 1. The van der Waals surface area contributed by atoms with Gasteiger partial charge in [0.2, 0.25) is 0 Å². The van der Waals surface area contributed by atoms with E-state index in [1.54, 1.807) is 12.1 Å². The average Bonchev–Trinajstić information content (AvgIpc) is 3.44. The van der Waals surface area contributed by atoms with Crippen molar-refractivity contribution in [1.82, 2.24) is 4.90 Å². The molecule has 1 aliphatic carbocycles. The summed E-state index contributed by atoms with van der Waals surface area (Å²) < 4.78 is 4.79. The minimum absolute atomic E-state index is 0.121. The molecule has 8 nitrogen and oxygen atoms in total. The number of rotatable bonds is 5. The van der Waals surface area contributed by atoms with Crippen LogP contribution in [0.5, 0.6) is 0 Å². The van der Waals surface area contributed by atoms with Gasteiger partial charge in [-0.3, -0.25) is 14.9 Å². The van der Waals surface area contributed by atoms with E-state index < -0.39 is 16.9 Å². The molecule has 134 valence electrons. The Morgan fingerprint density at radius 1 is 1.28 bits per heavy atom. The highest BCUT2D eigenvalue weighted by Gasteiger charge is 2.34. The first kappa shape index (κ1) is 17.2. The molecule has 1 aliphatic heterocycles. The highest BCUT2D eigenvalue weighted by molar-refractivity contribution is 5.98. The number of nitro benzene ring substituents is 1. The molecule has 1 atom stereocenters. The fraction of sp³-hybridized carbons (Fsp3) is 0.529. The van der Waals surface area contributed by atoms with Gasteiger partial charge in [-0.05, 0) is 44.2 Å². The highest BCUT2D eigenvalue weighted by Crippen LogP contribution is 2.32. The standard InChI is InChI=1S/C17H21N3O5/c1-25-17(22)14-4-2-3-9-19(14)16(21)11-5-8-13(18-12-6-7-12)15(10-11)20(23)24/h5,8,10,12,14,18H,2-4,6-7,9H2,1H3. The Balaban J connectivity index is 1.86. The van der Waals surface area contributed by atoms with Crippen LogP contribution in [0.2, 0.25) is 0 Å². The molecule has 1 saturated heterocycles. The highest BCUT2D eigenvalue weighted by atomic mass is 16.6. The lowest BCUT2D eigenvalue weighted by molar-refractivity contribution is -0.384. The SMILES string of the molecule is COC(=O)C1CCCCN1C(=O)c1ccc(NC2CC2)c([N+](=O)[O-])c1. The molecule has 0 aromatic heterocycles. The normalized spacial score (nSPS) is 20.0. The van der Waals surface area contributed by atoms with Crippen molar-refractivity contribution in [2.45, 2.75) is 44.2 Å². The summed E-state index contributed by atoms with van der Waals surface area (Å²) in [4.78, 5) is 37.1. The van der Waals surface area contributed by atoms with Gasteiger partial charge in [0, 0.05) is 24.2 Å². The summed E-state index contributed by atoms with van der Waals surface area (Å²) in [5, 5.41) is 14.5. The van der Waals surface area contributed by atoms with E-state index in [0.717, 1.165) is 25.7 Å². The fourth-order valence-electron chi connectivity index (χ4n) is 3.11. The van der Waals surface area contributed by atoms with Crippen molar-refractivity contribution in [2.24, 2.45) is 0 Å². The molecule has 2 aliphatic rings. The Morgan fingerprint density at radius 3 is 2.68 bits per heavy atom. The Morgan fingerprint density at radius 2 is 2.04 bits per heavy atom. The van der Waals surface area contributed by atoms with Crippen molar-refractivity contribution in [2.75, 3.05) is 19.0 Å². The molecule has 1 heterocycles. The van der Waals surface area contributed by atoms with Crippen LogP contribution in [-0.2, 0) is 9.53 Å². The van der Waals surface area contributed by atoms with Gasteiger partial charge in [-0.15, -0.1) is 0 Å². The van der Waals surface area contributed by atoms with E-state index in [1.807, 2.05) is 0 Å². The van der Waals surface area contributed by atoms with Crippen LogP contribution in [0.1, 0.15) is 42.5 Å². The van der Waals surface area contributed by atoms with Crippen LogP contribution in [0.25, 0.3) is 0 Å².